The third-order valence-corrected chi connectivity index (χ3v) is 6.11. The number of morpholine rings is 1. The molecule has 1 aromatic carbocycles. The minimum Gasteiger partial charge on any atom is -0.378 e. The molecule has 0 spiro atoms. The normalized spacial score (nSPS) is 14.3. The highest BCUT2D eigenvalue weighted by Gasteiger charge is 2.26. The number of unbranched alkanes of at least 4 members (excludes halogenated alkanes) is 1. The van der Waals surface area contributed by atoms with E-state index < -0.39 is 23.6 Å². The number of nitrogens with one attached hydrogen (secondary N) is 1. The van der Waals surface area contributed by atoms with Crippen LogP contribution in [0.1, 0.15) is 36.5 Å². The second-order valence-electron chi connectivity index (χ2n) is 8.58. The van der Waals surface area contributed by atoms with Gasteiger partial charge in [0.15, 0.2) is 5.82 Å². The maximum atomic E-state index is 13.1. The van der Waals surface area contributed by atoms with E-state index in [4.69, 9.17) is 10.5 Å². The van der Waals surface area contributed by atoms with E-state index in [9.17, 15) is 14.4 Å². The van der Waals surface area contributed by atoms with Gasteiger partial charge in [0, 0.05) is 36.7 Å². The molecule has 1 fully saturated rings. The Labute approximate surface area is 209 Å². The fraction of sp³-hybridized carbons (Fsp3) is 0.346. The summed E-state index contributed by atoms with van der Waals surface area (Å²) in [6.07, 6.45) is 6.77. The molecule has 0 aliphatic carbocycles. The van der Waals surface area contributed by atoms with Gasteiger partial charge in [-0.05, 0) is 30.7 Å². The number of aromatic nitrogens is 3. The number of rotatable bonds is 10. The van der Waals surface area contributed by atoms with Crippen molar-refractivity contribution in [3.05, 3.63) is 60.7 Å². The van der Waals surface area contributed by atoms with Crippen LogP contribution in [-0.2, 0) is 14.3 Å². The van der Waals surface area contributed by atoms with Crippen LogP contribution >= 0.6 is 0 Å². The van der Waals surface area contributed by atoms with Crippen molar-refractivity contribution in [3.8, 4) is 17.1 Å². The van der Waals surface area contributed by atoms with Gasteiger partial charge >= 0.3 is 0 Å². The molecule has 1 aliphatic heterocycles. The molecular formula is C26H30N6O4. The third kappa shape index (κ3) is 5.77. The number of primary amides is 1. The van der Waals surface area contributed by atoms with Gasteiger partial charge in [0.25, 0.3) is 11.8 Å². The summed E-state index contributed by atoms with van der Waals surface area (Å²) < 4.78 is 7.08. The summed E-state index contributed by atoms with van der Waals surface area (Å²) >= 11 is 0. The summed E-state index contributed by atoms with van der Waals surface area (Å²) in [5.41, 5.74) is 8.22. The van der Waals surface area contributed by atoms with Crippen molar-refractivity contribution in [2.45, 2.75) is 32.2 Å². The molecule has 3 aromatic rings. The largest absolute Gasteiger partial charge is 0.378 e. The number of hydrogen-bond donors (Lipinski definition) is 2. The van der Waals surface area contributed by atoms with Crippen LogP contribution in [0.3, 0.4) is 0 Å². The van der Waals surface area contributed by atoms with Crippen molar-refractivity contribution < 1.29 is 19.1 Å². The predicted octanol–water partition coefficient (Wildman–Crippen LogP) is 2.11. The summed E-state index contributed by atoms with van der Waals surface area (Å²) in [4.78, 5) is 47.9. The average Bonchev–Trinajstić information content (AvgIpc) is 3.41. The number of nitrogens with two attached hydrogens (primary N) is 1. The molecule has 10 nitrogen and oxygen atoms in total. The predicted molar refractivity (Wildman–Crippen MR) is 135 cm³/mol. The number of pyridine rings is 1. The molecule has 0 saturated carbocycles. The van der Waals surface area contributed by atoms with E-state index in [0.717, 1.165) is 49.7 Å². The van der Waals surface area contributed by atoms with E-state index in [1.165, 1.54) is 0 Å². The molecule has 0 radical (unpaired) electrons. The molecule has 1 saturated heterocycles. The first kappa shape index (κ1) is 25.1. The summed E-state index contributed by atoms with van der Waals surface area (Å²) in [7, 11) is 0. The molecular weight excluding hydrogens is 460 g/mol. The number of hydrogen-bond acceptors (Lipinski definition) is 7. The minimum absolute atomic E-state index is 0.253. The smallest absolute Gasteiger partial charge is 0.287 e. The molecule has 2 amide bonds. The summed E-state index contributed by atoms with van der Waals surface area (Å²) in [5, 5.41) is 2.66. The van der Waals surface area contributed by atoms with Crippen LogP contribution in [0.5, 0.6) is 0 Å². The topological polar surface area (TPSA) is 132 Å². The van der Waals surface area contributed by atoms with Gasteiger partial charge < -0.3 is 20.7 Å². The van der Waals surface area contributed by atoms with Crippen molar-refractivity contribution in [2.24, 2.45) is 5.73 Å². The first-order valence-electron chi connectivity index (χ1n) is 12.0. The standard InChI is InChI=1S/C26H30N6O4/c1-2-3-6-21(23(33)24(27)34)30-26(35)20-5-4-11-28-25(20)32-16-22(29-17-32)18-7-9-19(10-8-18)31-12-14-36-15-13-31/h4-5,7-11,16-17,21H,2-3,6,12-15H2,1H3,(H2,27,34)(H,30,35). The van der Waals surface area contributed by atoms with E-state index in [2.05, 4.69) is 32.3 Å². The lowest BCUT2D eigenvalue weighted by molar-refractivity contribution is -0.137. The fourth-order valence-corrected chi connectivity index (χ4v) is 4.12. The number of nitrogens with zero attached hydrogens (tertiary/aromatic N) is 4. The molecule has 1 atom stereocenters. The molecule has 1 unspecified atom stereocenters. The quantitative estimate of drug-likeness (QED) is 0.416. The Morgan fingerprint density at radius 3 is 2.56 bits per heavy atom. The van der Waals surface area contributed by atoms with Crippen LogP contribution in [0.15, 0.2) is 55.1 Å². The van der Waals surface area contributed by atoms with Crippen molar-refractivity contribution in [1.29, 1.82) is 0 Å². The van der Waals surface area contributed by atoms with E-state index in [1.807, 2.05) is 19.1 Å². The van der Waals surface area contributed by atoms with Crippen LogP contribution in [0, 0.1) is 0 Å². The molecule has 188 valence electrons. The van der Waals surface area contributed by atoms with Crippen LogP contribution in [0.4, 0.5) is 5.69 Å². The Morgan fingerprint density at radius 2 is 1.86 bits per heavy atom. The Balaban J connectivity index is 1.53. The fourth-order valence-electron chi connectivity index (χ4n) is 4.12. The molecule has 2 aromatic heterocycles. The van der Waals surface area contributed by atoms with E-state index >= 15 is 0 Å². The van der Waals surface area contributed by atoms with E-state index in [0.29, 0.717) is 18.7 Å². The van der Waals surface area contributed by atoms with Crippen LogP contribution in [0.25, 0.3) is 17.1 Å². The van der Waals surface area contributed by atoms with Crippen LogP contribution < -0.4 is 16.0 Å². The van der Waals surface area contributed by atoms with Crippen LogP contribution in [0.2, 0.25) is 0 Å². The molecule has 3 N–H and O–H groups in total. The molecule has 3 heterocycles. The number of benzene rings is 1. The molecule has 36 heavy (non-hydrogen) atoms. The maximum absolute atomic E-state index is 13.1. The van der Waals surface area contributed by atoms with E-state index in [-0.39, 0.29) is 5.56 Å². The van der Waals surface area contributed by atoms with Gasteiger partial charge in [-0.25, -0.2) is 9.97 Å². The Bertz CT molecular complexity index is 1220. The highest BCUT2D eigenvalue weighted by molar-refractivity contribution is 6.38. The maximum Gasteiger partial charge on any atom is 0.287 e. The van der Waals surface area contributed by atoms with Crippen molar-refractivity contribution in [1.82, 2.24) is 19.9 Å². The monoisotopic (exact) mass is 490 g/mol. The summed E-state index contributed by atoms with van der Waals surface area (Å²) in [6, 6.07) is 10.4. The number of amides is 2. The summed E-state index contributed by atoms with van der Waals surface area (Å²) in [6.45, 7) is 5.13. The highest BCUT2D eigenvalue weighted by Crippen LogP contribution is 2.24. The van der Waals surface area contributed by atoms with Gasteiger partial charge in [0.2, 0.25) is 5.78 Å². The van der Waals surface area contributed by atoms with Gasteiger partial charge in [-0.2, -0.15) is 0 Å². The number of carbonyl (C=O) groups excluding carboxylic acids is 3. The lowest BCUT2D eigenvalue weighted by Crippen LogP contribution is -2.46. The van der Waals surface area contributed by atoms with Gasteiger partial charge in [0.05, 0.1) is 30.5 Å². The number of carbonyl (C=O) groups is 3. The zero-order chi connectivity index (χ0) is 25.5. The van der Waals surface area contributed by atoms with Gasteiger partial charge in [-0.3, -0.25) is 19.0 Å². The second kappa shape index (κ2) is 11.6. The van der Waals surface area contributed by atoms with Gasteiger partial charge in [-0.15, -0.1) is 0 Å². The molecule has 4 rings (SSSR count). The summed E-state index contributed by atoms with van der Waals surface area (Å²) in [5.74, 6) is -2.03. The number of ketones is 1. The second-order valence-corrected chi connectivity index (χ2v) is 8.58. The van der Waals surface area contributed by atoms with Crippen molar-refractivity contribution >= 4 is 23.3 Å². The lowest BCUT2D eigenvalue weighted by Gasteiger charge is -2.28. The Morgan fingerprint density at radius 1 is 1.11 bits per heavy atom. The first-order valence-corrected chi connectivity index (χ1v) is 12.0. The van der Waals surface area contributed by atoms with Crippen molar-refractivity contribution in [3.63, 3.8) is 0 Å². The molecule has 10 heteroatoms. The average molecular weight is 491 g/mol. The Kier molecular flexibility index (Phi) is 8.06. The molecule has 1 aliphatic rings. The first-order chi connectivity index (χ1) is 17.5. The van der Waals surface area contributed by atoms with Gasteiger partial charge in [-0.1, -0.05) is 31.9 Å². The van der Waals surface area contributed by atoms with E-state index in [1.54, 1.807) is 35.4 Å². The number of anilines is 1. The third-order valence-electron chi connectivity index (χ3n) is 6.11. The van der Waals surface area contributed by atoms with Crippen molar-refractivity contribution in [2.75, 3.05) is 31.2 Å². The zero-order valence-corrected chi connectivity index (χ0v) is 20.2. The number of imidazole rings is 1. The van der Waals surface area contributed by atoms with Gasteiger partial charge in [0.1, 0.15) is 6.33 Å². The zero-order valence-electron chi connectivity index (χ0n) is 20.2. The molecule has 0 bridgehead atoms. The lowest BCUT2D eigenvalue weighted by atomic mass is 10.0. The Hall–Kier alpha value is -4.05. The van der Waals surface area contributed by atoms with Crippen LogP contribution in [-0.4, -0.2) is 64.5 Å². The number of ether oxygens (including phenoxy) is 1. The number of Topliss-reactive ketones (excluding diaryl/α,β-unsaturated/α-hetero) is 1. The SMILES string of the molecule is CCCCC(NC(=O)c1cccnc1-n1cnc(-c2ccc(N3CCOCC3)cc2)c1)C(=O)C(N)=O. The minimum atomic E-state index is -1.07. The highest BCUT2D eigenvalue weighted by atomic mass is 16.5.